The van der Waals surface area contributed by atoms with Crippen LogP contribution in [0.1, 0.15) is 55.4 Å². The van der Waals surface area contributed by atoms with Gasteiger partial charge in [0, 0.05) is 30.6 Å². The van der Waals surface area contributed by atoms with Gasteiger partial charge in [0.15, 0.2) is 0 Å². The number of alkyl carbamates (subject to hydrolysis) is 1. The molecular weight excluding hydrogens is 414 g/mol. The smallest absolute Gasteiger partial charge is 0.407 e. The second-order valence-corrected chi connectivity index (χ2v) is 9.85. The summed E-state index contributed by atoms with van der Waals surface area (Å²) in [5.74, 6) is 1.82. The number of nitrogens with zero attached hydrogens (tertiary/aromatic N) is 2. The fraction of sp³-hybridized carbons (Fsp3) is 0.522. The highest BCUT2D eigenvalue weighted by Gasteiger charge is 2.26. The van der Waals surface area contributed by atoms with Gasteiger partial charge in [-0.05, 0) is 58.6 Å². The number of amides is 2. The lowest BCUT2D eigenvalue weighted by Gasteiger charge is -2.32. The van der Waals surface area contributed by atoms with E-state index in [9.17, 15) is 9.59 Å². The number of carbonyl (C=O) groups excluding carboxylic acids is 2. The van der Waals surface area contributed by atoms with E-state index in [0.29, 0.717) is 36.9 Å². The third-order valence-corrected chi connectivity index (χ3v) is 6.10. The summed E-state index contributed by atoms with van der Waals surface area (Å²) in [6.07, 6.45) is 1.32. The first-order valence-corrected chi connectivity index (χ1v) is 11.6. The van der Waals surface area contributed by atoms with Crippen molar-refractivity contribution >= 4 is 23.8 Å². The number of aryl methyl sites for hydroxylation is 1. The molecule has 2 amide bonds. The lowest BCUT2D eigenvalue weighted by Crippen LogP contribution is -2.42. The van der Waals surface area contributed by atoms with Gasteiger partial charge in [-0.1, -0.05) is 17.3 Å². The van der Waals surface area contributed by atoms with Gasteiger partial charge in [-0.25, -0.2) is 4.79 Å². The normalized spacial score (nSPS) is 15.0. The van der Waals surface area contributed by atoms with Crippen LogP contribution in [0.4, 0.5) is 4.79 Å². The average molecular weight is 446 g/mol. The Labute approximate surface area is 187 Å². The number of ether oxygens (including phenoxy) is 1. The van der Waals surface area contributed by atoms with E-state index in [1.54, 1.807) is 11.8 Å². The zero-order chi connectivity index (χ0) is 22.4. The van der Waals surface area contributed by atoms with Crippen LogP contribution < -0.4 is 5.32 Å². The molecule has 1 saturated heterocycles. The summed E-state index contributed by atoms with van der Waals surface area (Å²) in [4.78, 5) is 27.8. The topological polar surface area (TPSA) is 84.7 Å². The molecule has 1 aromatic heterocycles. The lowest BCUT2D eigenvalue weighted by atomic mass is 9.96. The Kier molecular flexibility index (Phi) is 7.64. The minimum Gasteiger partial charge on any atom is -0.444 e. The van der Waals surface area contributed by atoms with E-state index in [1.165, 1.54) is 0 Å². The minimum absolute atomic E-state index is 0.0513. The molecule has 7 nitrogen and oxygen atoms in total. The number of nitrogens with one attached hydrogen (secondary N) is 1. The number of likely N-dealkylation sites (tertiary alicyclic amines) is 1. The standard InChI is InChI=1S/C23H31N3O4S/c1-16-13-18(30-25-16)15-31-20-8-6-5-7-19(20)21(27)26-11-9-17(10-12-26)14-24-22(28)29-23(2,3)4/h5-8,13,17H,9-12,14-15H2,1-4H3,(H,24,28). The molecule has 2 heterocycles. The van der Waals surface area contributed by atoms with Crippen LogP contribution in [0.15, 0.2) is 39.8 Å². The maximum absolute atomic E-state index is 13.2. The van der Waals surface area contributed by atoms with Crippen molar-refractivity contribution < 1.29 is 18.8 Å². The Hall–Kier alpha value is -2.48. The maximum Gasteiger partial charge on any atom is 0.407 e. The molecule has 31 heavy (non-hydrogen) atoms. The van der Waals surface area contributed by atoms with Crippen LogP contribution in [-0.2, 0) is 10.5 Å². The number of benzene rings is 1. The Morgan fingerprint density at radius 1 is 1.26 bits per heavy atom. The van der Waals surface area contributed by atoms with E-state index in [0.717, 1.165) is 29.2 Å². The first-order valence-electron chi connectivity index (χ1n) is 10.6. The first-order chi connectivity index (χ1) is 14.7. The fourth-order valence-electron chi connectivity index (χ4n) is 3.45. The van der Waals surface area contributed by atoms with Crippen molar-refractivity contribution in [2.45, 2.75) is 56.8 Å². The quantitative estimate of drug-likeness (QED) is 0.652. The van der Waals surface area contributed by atoms with Crippen molar-refractivity contribution in [2.24, 2.45) is 5.92 Å². The van der Waals surface area contributed by atoms with Gasteiger partial charge < -0.3 is 19.5 Å². The molecule has 0 bridgehead atoms. The third kappa shape index (κ3) is 7.02. The predicted molar refractivity (Wildman–Crippen MR) is 120 cm³/mol. The summed E-state index contributed by atoms with van der Waals surface area (Å²) < 4.78 is 10.6. The first kappa shape index (κ1) is 23.2. The second-order valence-electron chi connectivity index (χ2n) is 8.84. The van der Waals surface area contributed by atoms with Crippen molar-refractivity contribution in [3.05, 3.63) is 47.3 Å². The monoisotopic (exact) mass is 445 g/mol. The van der Waals surface area contributed by atoms with Gasteiger partial charge >= 0.3 is 6.09 Å². The van der Waals surface area contributed by atoms with Gasteiger partial charge in [0.1, 0.15) is 11.4 Å². The molecular formula is C23H31N3O4S. The largest absolute Gasteiger partial charge is 0.444 e. The van der Waals surface area contributed by atoms with Gasteiger partial charge in [-0.15, -0.1) is 11.8 Å². The van der Waals surface area contributed by atoms with E-state index < -0.39 is 5.60 Å². The molecule has 1 aliphatic rings. The van der Waals surface area contributed by atoms with Gasteiger partial charge in [0.05, 0.1) is 17.0 Å². The minimum atomic E-state index is -0.502. The van der Waals surface area contributed by atoms with Gasteiger partial charge in [-0.3, -0.25) is 4.79 Å². The van der Waals surface area contributed by atoms with Crippen LogP contribution in [-0.4, -0.2) is 47.3 Å². The summed E-state index contributed by atoms with van der Waals surface area (Å²) in [6, 6.07) is 9.60. The van der Waals surface area contributed by atoms with Crippen molar-refractivity contribution in [1.82, 2.24) is 15.4 Å². The van der Waals surface area contributed by atoms with Crippen LogP contribution in [0.5, 0.6) is 0 Å². The molecule has 168 valence electrons. The molecule has 3 rings (SSSR count). The van der Waals surface area contributed by atoms with Crippen molar-refractivity contribution in [3.63, 3.8) is 0 Å². The molecule has 0 saturated carbocycles. The molecule has 0 spiro atoms. The Bertz CT molecular complexity index is 898. The molecule has 8 heteroatoms. The lowest BCUT2D eigenvalue weighted by molar-refractivity contribution is 0.0500. The molecule has 1 aliphatic heterocycles. The zero-order valence-corrected chi connectivity index (χ0v) is 19.5. The molecule has 2 aromatic rings. The predicted octanol–water partition coefficient (Wildman–Crippen LogP) is 4.65. The van der Waals surface area contributed by atoms with E-state index >= 15 is 0 Å². The third-order valence-electron chi connectivity index (χ3n) is 5.00. The van der Waals surface area contributed by atoms with Gasteiger partial charge in [0.25, 0.3) is 5.91 Å². The SMILES string of the molecule is Cc1cc(CSc2ccccc2C(=O)N2CCC(CNC(=O)OC(C)(C)C)CC2)on1. The summed E-state index contributed by atoms with van der Waals surface area (Å²) in [6.45, 7) is 9.36. The Morgan fingerprint density at radius 2 is 1.97 bits per heavy atom. The van der Waals surface area contributed by atoms with Crippen LogP contribution in [0.25, 0.3) is 0 Å². The van der Waals surface area contributed by atoms with E-state index in [2.05, 4.69) is 10.5 Å². The van der Waals surface area contributed by atoms with E-state index in [4.69, 9.17) is 9.26 Å². The van der Waals surface area contributed by atoms with Crippen molar-refractivity contribution in [2.75, 3.05) is 19.6 Å². The Morgan fingerprint density at radius 3 is 2.61 bits per heavy atom. The highest BCUT2D eigenvalue weighted by Crippen LogP contribution is 2.28. The molecule has 0 unspecified atom stereocenters. The van der Waals surface area contributed by atoms with Crippen molar-refractivity contribution in [1.29, 1.82) is 0 Å². The van der Waals surface area contributed by atoms with Crippen LogP contribution in [0, 0.1) is 12.8 Å². The Balaban J connectivity index is 1.51. The maximum atomic E-state index is 13.2. The average Bonchev–Trinajstić information content (AvgIpc) is 3.15. The van der Waals surface area contributed by atoms with Crippen LogP contribution in [0.3, 0.4) is 0 Å². The summed E-state index contributed by atoms with van der Waals surface area (Å²) in [5.41, 5.74) is 1.07. The molecule has 0 aliphatic carbocycles. The number of hydrogen-bond donors (Lipinski definition) is 1. The van der Waals surface area contributed by atoms with E-state index in [1.807, 2.05) is 62.9 Å². The molecule has 0 atom stereocenters. The van der Waals surface area contributed by atoms with Crippen LogP contribution >= 0.6 is 11.8 Å². The fourth-order valence-corrected chi connectivity index (χ4v) is 4.37. The molecule has 1 N–H and O–H groups in total. The number of carbonyl (C=O) groups is 2. The van der Waals surface area contributed by atoms with Gasteiger partial charge in [-0.2, -0.15) is 0 Å². The van der Waals surface area contributed by atoms with Gasteiger partial charge in [0.2, 0.25) is 0 Å². The molecule has 0 radical (unpaired) electrons. The van der Waals surface area contributed by atoms with Crippen molar-refractivity contribution in [3.8, 4) is 0 Å². The number of rotatable bonds is 6. The molecule has 1 aromatic carbocycles. The van der Waals surface area contributed by atoms with Crippen LogP contribution in [0.2, 0.25) is 0 Å². The zero-order valence-electron chi connectivity index (χ0n) is 18.6. The second kappa shape index (κ2) is 10.2. The van der Waals surface area contributed by atoms with E-state index in [-0.39, 0.29) is 12.0 Å². The summed E-state index contributed by atoms with van der Waals surface area (Å²) in [7, 11) is 0. The summed E-state index contributed by atoms with van der Waals surface area (Å²) in [5, 5.41) is 6.76. The summed E-state index contributed by atoms with van der Waals surface area (Å²) >= 11 is 1.58. The number of piperidine rings is 1. The number of aromatic nitrogens is 1. The number of thioether (sulfide) groups is 1. The molecule has 1 fully saturated rings. The highest BCUT2D eigenvalue weighted by atomic mass is 32.2. The highest BCUT2D eigenvalue weighted by molar-refractivity contribution is 7.98. The number of hydrogen-bond acceptors (Lipinski definition) is 6.